The van der Waals surface area contributed by atoms with Gasteiger partial charge in [0, 0.05) is 19.2 Å². The van der Waals surface area contributed by atoms with E-state index in [1.54, 1.807) is 19.2 Å². The van der Waals surface area contributed by atoms with Gasteiger partial charge in [0.15, 0.2) is 5.16 Å². The Morgan fingerprint density at radius 1 is 1.30 bits per heavy atom. The highest BCUT2D eigenvalue weighted by Gasteiger charge is 2.31. The molecule has 0 atom stereocenters. The SMILES string of the molecule is CCCNc1cc(N(CC)CC(F)(F)F)nc(SC)n1. The van der Waals surface area contributed by atoms with Gasteiger partial charge in [-0.3, -0.25) is 0 Å². The number of rotatable bonds is 7. The maximum absolute atomic E-state index is 12.6. The van der Waals surface area contributed by atoms with Crippen LogP contribution >= 0.6 is 11.8 Å². The second-order valence-corrected chi connectivity index (χ2v) is 4.93. The minimum Gasteiger partial charge on any atom is -0.370 e. The molecule has 1 N–H and O–H groups in total. The van der Waals surface area contributed by atoms with E-state index in [4.69, 9.17) is 0 Å². The largest absolute Gasteiger partial charge is 0.405 e. The summed E-state index contributed by atoms with van der Waals surface area (Å²) in [4.78, 5) is 9.58. The maximum Gasteiger partial charge on any atom is 0.405 e. The summed E-state index contributed by atoms with van der Waals surface area (Å²) in [5.41, 5.74) is 0. The van der Waals surface area contributed by atoms with Crippen molar-refractivity contribution in [2.24, 2.45) is 0 Å². The molecule has 0 radical (unpaired) electrons. The molecule has 0 spiro atoms. The number of nitrogens with zero attached hydrogens (tertiary/aromatic N) is 3. The molecule has 1 rings (SSSR count). The van der Waals surface area contributed by atoms with Crippen molar-refractivity contribution >= 4 is 23.4 Å². The number of thioether (sulfide) groups is 1. The van der Waals surface area contributed by atoms with E-state index in [1.807, 2.05) is 6.92 Å². The Hall–Kier alpha value is -1.18. The van der Waals surface area contributed by atoms with Crippen LogP contribution in [0.2, 0.25) is 0 Å². The first-order chi connectivity index (χ1) is 9.39. The van der Waals surface area contributed by atoms with E-state index >= 15 is 0 Å². The van der Waals surface area contributed by atoms with Gasteiger partial charge in [-0.25, -0.2) is 9.97 Å². The van der Waals surface area contributed by atoms with Crippen LogP contribution < -0.4 is 10.2 Å². The van der Waals surface area contributed by atoms with E-state index in [9.17, 15) is 13.2 Å². The molecule has 0 saturated carbocycles. The Labute approximate surface area is 121 Å². The van der Waals surface area contributed by atoms with E-state index in [2.05, 4.69) is 15.3 Å². The second-order valence-electron chi connectivity index (χ2n) is 4.15. The monoisotopic (exact) mass is 308 g/mol. The van der Waals surface area contributed by atoms with Crippen LogP contribution in [0.3, 0.4) is 0 Å². The Bertz CT molecular complexity index is 426. The zero-order chi connectivity index (χ0) is 15.2. The lowest BCUT2D eigenvalue weighted by Crippen LogP contribution is -2.34. The lowest BCUT2D eigenvalue weighted by molar-refractivity contribution is -0.119. The van der Waals surface area contributed by atoms with E-state index in [0.717, 1.165) is 13.0 Å². The first-order valence-corrected chi connectivity index (χ1v) is 7.60. The standard InChI is InChI=1S/C12H19F3N4S/c1-4-6-16-9-7-10(18-11(17-9)20-3)19(5-2)8-12(13,14)15/h7H,4-6,8H2,1-3H3,(H,16,17,18). The first kappa shape index (κ1) is 16.9. The summed E-state index contributed by atoms with van der Waals surface area (Å²) in [6, 6.07) is 1.56. The van der Waals surface area contributed by atoms with Crippen LogP contribution in [0.25, 0.3) is 0 Å². The van der Waals surface area contributed by atoms with E-state index in [0.29, 0.717) is 16.8 Å². The average Bonchev–Trinajstić information content (AvgIpc) is 2.41. The summed E-state index contributed by atoms with van der Waals surface area (Å²) in [5, 5.41) is 3.54. The number of anilines is 2. The van der Waals surface area contributed by atoms with Crippen LogP contribution in [0.15, 0.2) is 11.2 Å². The molecule has 1 aromatic rings. The van der Waals surface area contributed by atoms with Crippen molar-refractivity contribution in [3.8, 4) is 0 Å². The maximum atomic E-state index is 12.6. The Morgan fingerprint density at radius 3 is 2.50 bits per heavy atom. The van der Waals surface area contributed by atoms with Crippen molar-refractivity contribution in [2.45, 2.75) is 31.6 Å². The van der Waals surface area contributed by atoms with Gasteiger partial charge in [0.25, 0.3) is 0 Å². The fourth-order valence-corrected chi connectivity index (χ4v) is 1.96. The molecule has 0 fully saturated rings. The predicted octanol–water partition coefficient (Wildman–Crippen LogP) is 3.41. The van der Waals surface area contributed by atoms with Gasteiger partial charge in [0.1, 0.15) is 18.2 Å². The third-order valence-electron chi connectivity index (χ3n) is 2.51. The van der Waals surface area contributed by atoms with Crippen LogP contribution in [0.1, 0.15) is 20.3 Å². The normalized spacial score (nSPS) is 11.5. The third kappa shape index (κ3) is 5.44. The van der Waals surface area contributed by atoms with Gasteiger partial charge >= 0.3 is 6.18 Å². The van der Waals surface area contributed by atoms with Crippen LogP contribution in [-0.2, 0) is 0 Å². The van der Waals surface area contributed by atoms with Gasteiger partial charge < -0.3 is 10.2 Å². The van der Waals surface area contributed by atoms with Gasteiger partial charge in [-0.05, 0) is 19.6 Å². The molecule has 0 bridgehead atoms. The number of hydrogen-bond acceptors (Lipinski definition) is 5. The second kappa shape index (κ2) is 7.56. The molecule has 0 aliphatic heterocycles. The zero-order valence-electron chi connectivity index (χ0n) is 11.8. The van der Waals surface area contributed by atoms with Gasteiger partial charge in [-0.15, -0.1) is 0 Å². The zero-order valence-corrected chi connectivity index (χ0v) is 12.6. The summed E-state index contributed by atoms with van der Waals surface area (Å²) in [6.45, 7) is 3.62. The van der Waals surface area contributed by atoms with Crippen molar-refractivity contribution in [2.75, 3.05) is 36.1 Å². The first-order valence-electron chi connectivity index (χ1n) is 6.38. The Kier molecular flexibility index (Phi) is 6.38. The average molecular weight is 308 g/mol. The summed E-state index contributed by atoms with van der Waals surface area (Å²) in [6.07, 6.45) is -1.55. The van der Waals surface area contributed by atoms with Crippen molar-refractivity contribution in [3.05, 3.63) is 6.07 Å². The van der Waals surface area contributed by atoms with Gasteiger partial charge in [-0.1, -0.05) is 18.7 Å². The molecule has 0 aliphatic rings. The van der Waals surface area contributed by atoms with Crippen molar-refractivity contribution in [1.29, 1.82) is 0 Å². The molecule has 1 aromatic heterocycles. The molecular formula is C12H19F3N4S. The molecule has 0 unspecified atom stereocenters. The molecule has 0 saturated heterocycles. The van der Waals surface area contributed by atoms with E-state index in [-0.39, 0.29) is 6.54 Å². The lowest BCUT2D eigenvalue weighted by Gasteiger charge is -2.24. The third-order valence-corrected chi connectivity index (χ3v) is 3.05. The summed E-state index contributed by atoms with van der Waals surface area (Å²) >= 11 is 1.31. The fraction of sp³-hybridized carbons (Fsp3) is 0.667. The highest BCUT2D eigenvalue weighted by molar-refractivity contribution is 7.98. The number of hydrogen-bond donors (Lipinski definition) is 1. The molecule has 0 aromatic carbocycles. The predicted molar refractivity (Wildman–Crippen MR) is 76.5 cm³/mol. The molecular weight excluding hydrogens is 289 g/mol. The highest BCUT2D eigenvalue weighted by atomic mass is 32.2. The van der Waals surface area contributed by atoms with Crippen LogP contribution in [0, 0.1) is 0 Å². The minimum absolute atomic E-state index is 0.234. The Balaban J connectivity index is 3.01. The van der Waals surface area contributed by atoms with Crippen LogP contribution in [0.4, 0.5) is 24.8 Å². The number of aromatic nitrogens is 2. The summed E-state index contributed by atoms with van der Waals surface area (Å²) in [7, 11) is 0. The summed E-state index contributed by atoms with van der Waals surface area (Å²) < 4.78 is 37.7. The van der Waals surface area contributed by atoms with Gasteiger partial charge in [-0.2, -0.15) is 13.2 Å². The Morgan fingerprint density at radius 2 is 2.00 bits per heavy atom. The topological polar surface area (TPSA) is 41.0 Å². The minimum atomic E-state index is -4.25. The van der Waals surface area contributed by atoms with Crippen LogP contribution in [-0.4, -0.2) is 42.0 Å². The molecule has 0 aliphatic carbocycles. The van der Waals surface area contributed by atoms with Crippen molar-refractivity contribution < 1.29 is 13.2 Å². The molecule has 8 heteroatoms. The number of nitrogens with one attached hydrogen (secondary N) is 1. The van der Waals surface area contributed by atoms with Crippen molar-refractivity contribution in [1.82, 2.24) is 9.97 Å². The molecule has 1 heterocycles. The number of halogens is 3. The smallest absolute Gasteiger partial charge is 0.370 e. The van der Waals surface area contributed by atoms with E-state index in [1.165, 1.54) is 16.7 Å². The number of alkyl halides is 3. The quantitative estimate of drug-likeness (QED) is 0.617. The lowest BCUT2D eigenvalue weighted by atomic mass is 10.4. The fourth-order valence-electron chi connectivity index (χ4n) is 1.58. The highest BCUT2D eigenvalue weighted by Crippen LogP contribution is 2.24. The molecule has 20 heavy (non-hydrogen) atoms. The van der Waals surface area contributed by atoms with E-state index < -0.39 is 12.7 Å². The molecule has 114 valence electrons. The van der Waals surface area contributed by atoms with Crippen LogP contribution in [0.5, 0.6) is 0 Å². The molecule has 4 nitrogen and oxygen atoms in total. The van der Waals surface area contributed by atoms with Crippen molar-refractivity contribution in [3.63, 3.8) is 0 Å². The molecule has 0 amide bonds. The van der Waals surface area contributed by atoms with Gasteiger partial charge in [0.05, 0.1) is 0 Å². The van der Waals surface area contributed by atoms with Gasteiger partial charge in [0.2, 0.25) is 0 Å². The summed E-state index contributed by atoms with van der Waals surface area (Å²) in [5.74, 6) is 0.851.